The number of aryl methyl sites for hydroxylation is 1. The molecular formula is C15H14ClNO3. The molecule has 0 bridgehead atoms. The van der Waals surface area contributed by atoms with Crippen molar-refractivity contribution < 1.29 is 14.3 Å². The maximum atomic E-state index is 11.8. The number of benzene rings is 2. The zero-order valence-electron chi connectivity index (χ0n) is 11.1. The number of carbonyl (C=O) groups is 1. The topological polar surface area (TPSA) is 47.6 Å². The van der Waals surface area contributed by atoms with Crippen molar-refractivity contribution >= 4 is 23.4 Å². The predicted octanol–water partition coefficient (Wildman–Crippen LogP) is 4.27. The summed E-state index contributed by atoms with van der Waals surface area (Å²) in [6, 6.07) is 12.2. The molecular weight excluding hydrogens is 278 g/mol. The highest BCUT2D eigenvalue weighted by molar-refractivity contribution is 6.31. The van der Waals surface area contributed by atoms with Crippen molar-refractivity contribution in [3.63, 3.8) is 0 Å². The van der Waals surface area contributed by atoms with E-state index in [0.29, 0.717) is 22.2 Å². The van der Waals surface area contributed by atoms with Gasteiger partial charge in [-0.1, -0.05) is 29.8 Å². The van der Waals surface area contributed by atoms with Gasteiger partial charge in [0, 0.05) is 11.1 Å². The van der Waals surface area contributed by atoms with Gasteiger partial charge in [0.1, 0.15) is 11.5 Å². The van der Waals surface area contributed by atoms with Crippen molar-refractivity contribution in [2.75, 3.05) is 12.4 Å². The van der Waals surface area contributed by atoms with Crippen LogP contribution in [0.3, 0.4) is 0 Å². The van der Waals surface area contributed by atoms with Gasteiger partial charge in [-0.25, -0.2) is 4.79 Å². The molecule has 0 heterocycles. The van der Waals surface area contributed by atoms with Crippen LogP contribution >= 0.6 is 11.6 Å². The zero-order chi connectivity index (χ0) is 14.5. The van der Waals surface area contributed by atoms with Gasteiger partial charge in [0.05, 0.1) is 12.8 Å². The Kier molecular flexibility index (Phi) is 4.48. The molecule has 0 atom stereocenters. The van der Waals surface area contributed by atoms with E-state index in [1.165, 1.54) is 7.11 Å². The fourth-order valence-corrected chi connectivity index (χ4v) is 1.81. The molecule has 0 spiro atoms. The molecule has 5 heteroatoms. The van der Waals surface area contributed by atoms with E-state index in [9.17, 15) is 4.79 Å². The number of ether oxygens (including phenoxy) is 2. The summed E-state index contributed by atoms with van der Waals surface area (Å²) in [5, 5.41) is 3.21. The minimum absolute atomic E-state index is 0.467. The van der Waals surface area contributed by atoms with E-state index in [1.807, 2.05) is 13.0 Å². The Bertz CT molecular complexity index is 614. The predicted molar refractivity (Wildman–Crippen MR) is 78.8 cm³/mol. The van der Waals surface area contributed by atoms with Crippen LogP contribution in [0.5, 0.6) is 11.5 Å². The van der Waals surface area contributed by atoms with Gasteiger partial charge in [-0.3, -0.25) is 5.32 Å². The first-order chi connectivity index (χ1) is 9.60. The van der Waals surface area contributed by atoms with Gasteiger partial charge in [-0.2, -0.15) is 0 Å². The summed E-state index contributed by atoms with van der Waals surface area (Å²) in [6.07, 6.45) is -0.587. The summed E-state index contributed by atoms with van der Waals surface area (Å²) in [5.74, 6) is 0.945. The number of nitrogens with one attached hydrogen (secondary N) is 1. The van der Waals surface area contributed by atoms with E-state index in [0.717, 1.165) is 5.56 Å². The minimum Gasteiger partial charge on any atom is -0.495 e. The number of hydrogen-bond acceptors (Lipinski definition) is 3. The van der Waals surface area contributed by atoms with E-state index in [1.54, 1.807) is 36.4 Å². The van der Waals surface area contributed by atoms with Gasteiger partial charge in [0.2, 0.25) is 0 Å². The summed E-state index contributed by atoms with van der Waals surface area (Å²) in [7, 11) is 1.51. The molecule has 0 aliphatic carbocycles. The smallest absolute Gasteiger partial charge is 0.417 e. The molecule has 0 saturated heterocycles. The van der Waals surface area contributed by atoms with Crippen LogP contribution in [0.15, 0.2) is 42.5 Å². The number of hydrogen-bond donors (Lipinski definition) is 1. The first-order valence-corrected chi connectivity index (χ1v) is 6.36. The number of carbonyl (C=O) groups excluding carboxylic acids is 1. The fraction of sp³-hybridized carbons (Fsp3) is 0.133. The molecule has 0 aliphatic rings. The molecule has 104 valence electrons. The monoisotopic (exact) mass is 291 g/mol. The van der Waals surface area contributed by atoms with E-state index in [4.69, 9.17) is 21.1 Å². The van der Waals surface area contributed by atoms with E-state index in [2.05, 4.69) is 5.32 Å². The second-order valence-electron chi connectivity index (χ2n) is 4.13. The number of para-hydroxylation sites is 1. The molecule has 2 aromatic rings. The van der Waals surface area contributed by atoms with Crippen molar-refractivity contribution in [3.05, 3.63) is 53.1 Å². The molecule has 0 saturated carbocycles. The van der Waals surface area contributed by atoms with Crippen LogP contribution in [-0.2, 0) is 0 Å². The van der Waals surface area contributed by atoms with Crippen LogP contribution in [0.1, 0.15) is 5.56 Å². The lowest BCUT2D eigenvalue weighted by Crippen LogP contribution is -2.17. The first-order valence-electron chi connectivity index (χ1n) is 5.98. The summed E-state index contributed by atoms with van der Waals surface area (Å²) >= 11 is 6.01. The third kappa shape index (κ3) is 3.42. The van der Waals surface area contributed by atoms with E-state index >= 15 is 0 Å². The van der Waals surface area contributed by atoms with Crippen LogP contribution in [-0.4, -0.2) is 13.2 Å². The Labute approximate surface area is 122 Å². The molecule has 1 N–H and O–H groups in total. The molecule has 0 fully saturated rings. The summed E-state index contributed by atoms with van der Waals surface area (Å²) in [6.45, 7) is 1.84. The first kappa shape index (κ1) is 14.2. The van der Waals surface area contributed by atoms with Crippen molar-refractivity contribution in [1.82, 2.24) is 0 Å². The van der Waals surface area contributed by atoms with Gasteiger partial charge in [-0.15, -0.1) is 0 Å². The van der Waals surface area contributed by atoms with Crippen LogP contribution in [0.25, 0.3) is 0 Å². The minimum atomic E-state index is -0.587. The van der Waals surface area contributed by atoms with Crippen molar-refractivity contribution in [3.8, 4) is 11.5 Å². The lowest BCUT2D eigenvalue weighted by Gasteiger charge is -2.12. The van der Waals surface area contributed by atoms with Crippen molar-refractivity contribution in [2.24, 2.45) is 0 Å². The van der Waals surface area contributed by atoms with Gasteiger partial charge in [0.15, 0.2) is 0 Å². The Balaban J connectivity index is 2.13. The van der Waals surface area contributed by atoms with Crippen LogP contribution < -0.4 is 14.8 Å². The standard InChI is InChI=1S/C15H14ClNO3/c1-10-8-13(14(19-2)9-12(10)16)17-15(18)20-11-6-4-3-5-7-11/h3-9H,1-2H3,(H,17,18). The average molecular weight is 292 g/mol. The quantitative estimate of drug-likeness (QED) is 0.919. The van der Waals surface area contributed by atoms with Crippen molar-refractivity contribution in [2.45, 2.75) is 6.92 Å². The highest BCUT2D eigenvalue weighted by atomic mass is 35.5. The number of amides is 1. The van der Waals surface area contributed by atoms with Crippen LogP contribution in [0, 0.1) is 6.92 Å². The Morgan fingerprint density at radius 2 is 1.90 bits per heavy atom. The molecule has 0 radical (unpaired) electrons. The fourth-order valence-electron chi connectivity index (χ4n) is 1.66. The van der Waals surface area contributed by atoms with Gasteiger partial charge < -0.3 is 9.47 Å². The Hall–Kier alpha value is -2.20. The molecule has 0 aromatic heterocycles. The molecule has 2 rings (SSSR count). The van der Waals surface area contributed by atoms with Crippen molar-refractivity contribution in [1.29, 1.82) is 0 Å². The molecule has 0 unspecified atom stereocenters. The SMILES string of the molecule is COc1cc(Cl)c(C)cc1NC(=O)Oc1ccccc1. The lowest BCUT2D eigenvalue weighted by atomic mass is 10.2. The van der Waals surface area contributed by atoms with Gasteiger partial charge in [0.25, 0.3) is 0 Å². The third-order valence-electron chi connectivity index (χ3n) is 2.67. The number of halogens is 1. The summed E-state index contributed by atoms with van der Waals surface area (Å²) in [5.41, 5.74) is 1.35. The van der Waals surface area contributed by atoms with Crippen LogP contribution in [0.2, 0.25) is 5.02 Å². The second kappa shape index (κ2) is 6.30. The lowest BCUT2D eigenvalue weighted by molar-refractivity contribution is 0.215. The normalized spacial score (nSPS) is 9.95. The van der Waals surface area contributed by atoms with E-state index in [-0.39, 0.29) is 0 Å². The molecule has 1 amide bonds. The zero-order valence-corrected chi connectivity index (χ0v) is 11.9. The summed E-state index contributed by atoms with van der Waals surface area (Å²) < 4.78 is 10.3. The third-order valence-corrected chi connectivity index (χ3v) is 3.08. The summed E-state index contributed by atoms with van der Waals surface area (Å²) in [4.78, 5) is 11.8. The average Bonchev–Trinajstić information content (AvgIpc) is 2.43. The molecule has 2 aromatic carbocycles. The van der Waals surface area contributed by atoms with Gasteiger partial charge >= 0.3 is 6.09 Å². The van der Waals surface area contributed by atoms with E-state index < -0.39 is 6.09 Å². The number of anilines is 1. The molecule has 4 nitrogen and oxygen atoms in total. The van der Waals surface area contributed by atoms with Crippen LogP contribution in [0.4, 0.5) is 10.5 Å². The Morgan fingerprint density at radius 3 is 2.55 bits per heavy atom. The maximum Gasteiger partial charge on any atom is 0.417 e. The highest BCUT2D eigenvalue weighted by Gasteiger charge is 2.11. The number of methoxy groups -OCH3 is 1. The molecule has 0 aliphatic heterocycles. The highest BCUT2D eigenvalue weighted by Crippen LogP contribution is 2.31. The largest absolute Gasteiger partial charge is 0.495 e. The second-order valence-corrected chi connectivity index (χ2v) is 4.54. The molecule has 20 heavy (non-hydrogen) atoms. The number of rotatable bonds is 3. The van der Waals surface area contributed by atoms with Gasteiger partial charge in [-0.05, 0) is 30.7 Å². The maximum absolute atomic E-state index is 11.8. The Morgan fingerprint density at radius 1 is 1.20 bits per heavy atom.